The fraction of sp³-hybridized carbons (Fsp3) is 0.160. The molecule has 0 saturated heterocycles. The molecule has 0 aliphatic rings. The van der Waals surface area contributed by atoms with E-state index in [-0.39, 0.29) is 17.6 Å². The Morgan fingerprint density at radius 3 is 2.56 bits per heavy atom. The number of halogens is 1. The number of benzene rings is 2. The number of hydrogen-bond acceptors (Lipinski definition) is 5. The average Bonchev–Trinajstić information content (AvgIpc) is 3.44. The number of carbonyl (C=O) groups excluding carboxylic acids is 1. The summed E-state index contributed by atoms with van der Waals surface area (Å²) < 4.78 is 3.63. The Kier molecular flexibility index (Phi) is 5.59. The summed E-state index contributed by atoms with van der Waals surface area (Å²) in [6.45, 7) is 1.94. The number of nitrogens with one attached hydrogen (secondary N) is 1. The van der Waals surface area contributed by atoms with Gasteiger partial charge in [-0.2, -0.15) is 5.10 Å². The minimum absolute atomic E-state index is 0.234. The molecule has 0 bridgehead atoms. The standard InChI is InChI=1S/C25H22ClN7O/c1-15(17-6-9-20-23(10-17)32(2)14-27-20)29-25(34)22-11-21(16-4-7-19(26)8-5-16)30-24(31-22)18-12-28-33(3)13-18/h4-15H,1-3H3,(H,29,34)/t15-/m0/s1. The number of aromatic nitrogens is 6. The number of fused-ring (bicyclic) bond motifs is 1. The van der Waals surface area contributed by atoms with Gasteiger partial charge in [-0.15, -0.1) is 0 Å². The molecule has 3 heterocycles. The van der Waals surface area contributed by atoms with E-state index in [2.05, 4.69) is 25.4 Å². The summed E-state index contributed by atoms with van der Waals surface area (Å²) in [6, 6.07) is 14.7. The van der Waals surface area contributed by atoms with Crippen molar-refractivity contribution in [3.05, 3.63) is 83.5 Å². The molecule has 0 saturated carbocycles. The number of rotatable bonds is 5. The molecule has 0 aliphatic carbocycles. The van der Waals surface area contributed by atoms with Crippen LogP contribution < -0.4 is 5.32 Å². The average molecular weight is 472 g/mol. The maximum absolute atomic E-state index is 13.3. The Morgan fingerprint density at radius 1 is 1.03 bits per heavy atom. The van der Waals surface area contributed by atoms with E-state index in [0.29, 0.717) is 16.5 Å². The summed E-state index contributed by atoms with van der Waals surface area (Å²) in [5, 5.41) is 7.90. The van der Waals surface area contributed by atoms with Crippen LogP contribution in [-0.4, -0.2) is 35.2 Å². The Bertz CT molecular complexity index is 1500. The summed E-state index contributed by atoms with van der Waals surface area (Å²) in [4.78, 5) is 26.9. The SMILES string of the molecule is C[C@H](NC(=O)c1cc(-c2ccc(Cl)cc2)nc(-c2cnn(C)c2)n1)c1ccc2ncn(C)c2c1. The van der Waals surface area contributed by atoms with Gasteiger partial charge >= 0.3 is 0 Å². The van der Waals surface area contributed by atoms with E-state index < -0.39 is 0 Å². The molecule has 5 aromatic rings. The van der Waals surface area contributed by atoms with Crippen LogP contribution >= 0.6 is 11.6 Å². The van der Waals surface area contributed by atoms with Crippen molar-refractivity contribution in [3.8, 4) is 22.6 Å². The van der Waals surface area contributed by atoms with Gasteiger partial charge < -0.3 is 9.88 Å². The van der Waals surface area contributed by atoms with Crippen molar-refractivity contribution < 1.29 is 4.79 Å². The molecule has 1 amide bonds. The van der Waals surface area contributed by atoms with Gasteiger partial charge in [-0.25, -0.2) is 15.0 Å². The lowest BCUT2D eigenvalue weighted by Gasteiger charge is -2.15. The van der Waals surface area contributed by atoms with Gasteiger partial charge in [0.2, 0.25) is 0 Å². The van der Waals surface area contributed by atoms with Crippen LogP contribution in [0.2, 0.25) is 5.02 Å². The molecule has 1 N–H and O–H groups in total. The lowest BCUT2D eigenvalue weighted by atomic mass is 10.1. The first-order valence-electron chi connectivity index (χ1n) is 10.7. The topological polar surface area (TPSA) is 90.5 Å². The van der Waals surface area contributed by atoms with Crippen molar-refractivity contribution in [2.45, 2.75) is 13.0 Å². The van der Waals surface area contributed by atoms with E-state index in [1.165, 1.54) is 0 Å². The second-order valence-electron chi connectivity index (χ2n) is 8.17. The summed E-state index contributed by atoms with van der Waals surface area (Å²) in [5.41, 5.74) is 5.34. The minimum Gasteiger partial charge on any atom is -0.344 e. The fourth-order valence-electron chi connectivity index (χ4n) is 3.76. The van der Waals surface area contributed by atoms with Crippen molar-refractivity contribution in [2.75, 3.05) is 0 Å². The molecular weight excluding hydrogens is 450 g/mol. The van der Waals surface area contributed by atoms with E-state index in [0.717, 1.165) is 27.7 Å². The van der Waals surface area contributed by atoms with Gasteiger partial charge in [0.15, 0.2) is 5.82 Å². The van der Waals surface area contributed by atoms with Crippen LogP contribution in [0.4, 0.5) is 0 Å². The quantitative estimate of drug-likeness (QED) is 0.405. The highest BCUT2D eigenvalue weighted by Gasteiger charge is 2.18. The van der Waals surface area contributed by atoms with E-state index in [1.54, 1.807) is 35.4 Å². The first-order chi connectivity index (χ1) is 16.4. The van der Waals surface area contributed by atoms with Gasteiger partial charge in [-0.1, -0.05) is 29.8 Å². The van der Waals surface area contributed by atoms with Crippen molar-refractivity contribution in [1.29, 1.82) is 0 Å². The normalized spacial score (nSPS) is 12.1. The van der Waals surface area contributed by atoms with Gasteiger partial charge in [0, 0.05) is 30.9 Å². The van der Waals surface area contributed by atoms with Crippen LogP contribution in [-0.2, 0) is 14.1 Å². The van der Waals surface area contributed by atoms with E-state index in [9.17, 15) is 4.79 Å². The third-order valence-electron chi connectivity index (χ3n) is 5.66. The van der Waals surface area contributed by atoms with Gasteiger partial charge in [0.05, 0.1) is 40.9 Å². The number of nitrogens with zero attached hydrogens (tertiary/aromatic N) is 6. The molecule has 0 radical (unpaired) electrons. The maximum atomic E-state index is 13.3. The van der Waals surface area contributed by atoms with Crippen LogP contribution in [0, 0.1) is 0 Å². The van der Waals surface area contributed by atoms with Crippen LogP contribution in [0.3, 0.4) is 0 Å². The Hall–Kier alpha value is -4.04. The third-order valence-corrected chi connectivity index (χ3v) is 5.91. The zero-order valence-corrected chi connectivity index (χ0v) is 19.7. The Morgan fingerprint density at radius 2 is 1.82 bits per heavy atom. The van der Waals surface area contributed by atoms with Gasteiger partial charge in [-0.05, 0) is 42.8 Å². The highest BCUT2D eigenvalue weighted by atomic mass is 35.5. The van der Waals surface area contributed by atoms with E-state index in [4.69, 9.17) is 11.6 Å². The lowest BCUT2D eigenvalue weighted by molar-refractivity contribution is 0.0935. The molecule has 9 heteroatoms. The Labute approximate surface area is 201 Å². The predicted molar refractivity (Wildman–Crippen MR) is 131 cm³/mol. The Balaban J connectivity index is 1.49. The molecule has 8 nitrogen and oxygen atoms in total. The largest absolute Gasteiger partial charge is 0.344 e. The minimum atomic E-state index is -0.291. The molecule has 0 fully saturated rings. The fourth-order valence-corrected chi connectivity index (χ4v) is 3.89. The molecule has 1 atom stereocenters. The summed E-state index contributed by atoms with van der Waals surface area (Å²) in [7, 11) is 3.77. The van der Waals surface area contributed by atoms with E-state index >= 15 is 0 Å². The molecule has 0 spiro atoms. The monoisotopic (exact) mass is 471 g/mol. The number of hydrogen-bond donors (Lipinski definition) is 1. The summed E-state index contributed by atoms with van der Waals surface area (Å²) >= 11 is 6.05. The molecule has 0 aliphatic heterocycles. The van der Waals surface area contributed by atoms with Crippen LogP contribution in [0.1, 0.15) is 29.0 Å². The molecule has 3 aromatic heterocycles. The maximum Gasteiger partial charge on any atom is 0.270 e. The highest BCUT2D eigenvalue weighted by molar-refractivity contribution is 6.30. The molecular formula is C25H22ClN7O. The number of amides is 1. The zero-order valence-electron chi connectivity index (χ0n) is 18.9. The molecule has 0 unspecified atom stereocenters. The van der Waals surface area contributed by atoms with Crippen molar-refractivity contribution >= 4 is 28.5 Å². The lowest BCUT2D eigenvalue weighted by Crippen LogP contribution is -2.27. The zero-order chi connectivity index (χ0) is 23.8. The van der Waals surface area contributed by atoms with Crippen LogP contribution in [0.5, 0.6) is 0 Å². The first-order valence-corrected chi connectivity index (χ1v) is 11.1. The highest BCUT2D eigenvalue weighted by Crippen LogP contribution is 2.25. The molecule has 2 aromatic carbocycles. The predicted octanol–water partition coefficient (Wildman–Crippen LogP) is 4.58. The summed E-state index contributed by atoms with van der Waals surface area (Å²) in [5.74, 6) is 0.134. The van der Waals surface area contributed by atoms with Gasteiger partial charge in [0.25, 0.3) is 5.91 Å². The number of imidazole rings is 1. The third kappa shape index (κ3) is 4.27. The molecule has 5 rings (SSSR count). The molecule has 34 heavy (non-hydrogen) atoms. The van der Waals surface area contributed by atoms with Crippen molar-refractivity contribution in [2.24, 2.45) is 14.1 Å². The number of carbonyl (C=O) groups is 1. The molecule has 170 valence electrons. The number of aryl methyl sites for hydroxylation is 2. The van der Waals surface area contributed by atoms with Crippen LogP contribution in [0.15, 0.2) is 67.3 Å². The summed E-state index contributed by atoms with van der Waals surface area (Å²) in [6.07, 6.45) is 5.26. The van der Waals surface area contributed by atoms with Gasteiger partial charge in [0.1, 0.15) is 5.69 Å². The van der Waals surface area contributed by atoms with Crippen molar-refractivity contribution in [3.63, 3.8) is 0 Å². The van der Waals surface area contributed by atoms with Crippen molar-refractivity contribution in [1.82, 2.24) is 34.6 Å². The second kappa shape index (κ2) is 8.72. The smallest absolute Gasteiger partial charge is 0.270 e. The van der Waals surface area contributed by atoms with Crippen LogP contribution in [0.25, 0.3) is 33.7 Å². The van der Waals surface area contributed by atoms with Gasteiger partial charge in [-0.3, -0.25) is 9.48 Å². The first kappa shape index (κ1) is 21.8. The second-order valence-corrected chi connectivity index (χ2v) is 8.61. The van der Waals surface area contributed by atoms with E-state index in [1.807, 2.05) is 62.1 Å².